The molecule has 1 amide bonds. The molecule has 0 aromatic heterocycles. The summed E-state index contributed by atoms with van der Waals surface area (Å²) in [6, 6.07) is 7.34. The molecule has 0 spiro atoms. The zero-order valence-corrected chi connectivity index (χ0v) is 12.9. The van der Waals surface area contributed by atoms with Gasteiger partial charge in [-0.2, -0.15) is 0 Å². The zero-order valence-electron chi connectivity index (χ0n) is 12.9. The summed E-state index contributed by atoms with van der Waals surface area (Å²) >= 11 is 0. The number of hydrogen-bond donors (Lipinski definition) is 2. The highest BCUT2D eigenvalue weighted by Crippen LogP contribution is 2.08. The van der Waals surface area contributed by atoms with E-state index in [0.29, 0.717) is 26.0 Å². The van der Waals surface area contributed by atoms with Crippen molar-refractivity contribution < 1.29 is 14.3 Å². The van der Waals surface area contributed by atoms with Crippen molar-refractivity contribution in [3.8, 4) is 0 Å². The third-order valence-corrected chi connectivity index (χ3v) is 3.03. The Bertz CT molecular complexity index is 457. The van der Waals surface area contributed by atoms with Crippen LogP contribution in [0.25, 0.3) is 0 Å². The average Bonchev–Trinajstić information content (AvgIpc) is 2.46. The third-order valence-electron chi connectivity index (χ3n) is 3.03. The molecule has 0 fully saturated rings. The molecule has 0 heterocycles. The molecule has 5 nitrogen and oxygen atoms in total. The third kappa shape index (κ3) is 6.90. The predicted octanol–water partition coefficient (Wildman–Crippen LogP) is 2.25. The highest BCUT2D eigenvalue weighted by Gasteiger charge is 2.12. The lowest BCUT2D eigenvalue weighted by Gasteiger charge is -2.14. The minimum absolute atomic E-state index is 0.0880. The van der Waals surface area contributed by atoms with Crippen LogP contribution in [-0.2, 0) is 14.3 Å². The van der Waals surface area contributed by atoms with E-state index >= 15 is 0 Å². The van der Waals surface area contributed by atoms with Gasteiger partial charge in [-0.15, -0.1) is 0 Å². The standard InChI is InChI=1S/C16H24N2O3/c1-4-21-15(19)6-5-11-17-13(3)16(20)18-14-9-7-12(2)8-10-14/h7-10,13,17H,4-6,11H2,1-3H3,(H,18,20). The van der Waals surface area contributed by atoms with Crippen LogP contribution in [0.1, 0.15) is 32.3 Å². The maximum Gasteiger partial charge on any atom is 0.305 e. The van der Waals surface area contributed by atoms with E-state index in [2.05, 4.69) is 10.6 Å². The Hall–Kier alpha value is -1.88. The Balaban J connectivity index is 2.25. The lowest BCUT2D eigenvalue weighted by molar-refractivity contribution is -0.143. The normalized spacial score (nSPS) is 11.8. The van der Waals surface area contributed by atoms with E-state index < -0.39 is 0 Å². The van der Waals surface area contributed by atoms with Crippen LogP contribution in [0.15, 0.2) is 24.3 Å². The molecule has 116 valence electrons. The fourth-order valence-electron chi connectivity index (χ4n) is 1.76. The number of amides is 1. The molecule has 0 saturated carbocycles. The maximum atomic E-state index is 12.0. The molecule has 1 aromatic carbocycles. The number of aryl methyl sites for hydroxylation is 1. The monoisotopic (exact) mass is 292 g/mol. The van der Waals surface area contributed by atoms with Gasteiger partial charge in [-0.1, -0.05) is 17.7 Å². The van der Waals surface area contributed by atoms with Crippen molar-refractivity contribution in [2.75, 3.05) is 18.5 Å². The molecular formula is C16H24N2O3. The molecule has 0 saturated heterocycles. The van der Waals surface area contributed by atoms with Crippen LogP contribution in [0.4, 0.5) is 5.69 Å². The number of ether oxygens (including phenoxy) is 1. The van der Waals surface area contributed by atoms with Gasteiger partial charge in [0.15, 0.2) is 0 Å². The van der Waals surface area contributed by atoms with Crippen molar-refractivity contribution in [1.29, 1.82) is 0 Å². The van der Waals surface area contributed by atoms with Crippen molar-refractivity contribution in [2.45, 2.75) is 39.7 Å². The van der Waals surface area contributed by atoms with Crippen molar-refractivity contribution in [2.24, 2.45) is 0 Å². The molecular weight excluding hydrogens is 268 g/mol. The Labute approximate surface area is 126 Å². The summed E-state index contributed by atoms with van der Waals surface area (Å²) in [5.74, 6) is -0.286. The lowest BCUT2D eigenvalue weighted by Crippen LogP contribution is -2.38. The summed E-state index contributed by atoms with van der Waals surface area (Å²) in [6.07, 6.45) is 1.02. The van der Waals surface area contributed by atoms with Crippen LogP contribution in [-0.4, -0.2) is 31.1 Å². The molecule has 2 N–H and O–H groups in total. The molecule has 0 aliphatic carbocycles. The lowest BCUT2D eigenvalue weighted by atomic mass is 10.2. The van der Waals surface area contributed by atoms with Crippen molar-refractivity contribution >= 4 is 17.6 Å². The molecule has 1 aromatic rings. The van der Waals surface area contributed by atoms with E-state index in [9.17, 15) is 9.59 Å². The number of esters is 1. The van der Waals surface area contributed by atoms with E-state index in [4.69, 9.17) is 4.74 Å². The zero-order chi connectivity index (χ0) is 15.7. The van der Waals surface area contributed by atoms with Crippen LogP contribution >= 0.6 is 0 Å². The first-order chi connectivity index (χ1) is 10.0. The van der Waals surface area contributed by atoms with Gasteiger partial charge < -0.3 is 15.4 Å². The highest BCUT2D eigenvalue weighted by atomic mass is 16.5. The molecule has 0 aliphatic heterocycles. The molecule has 1 unspecified atom stereocenters. The molecule has 0 bridgehead atoms. The molecule has 21 heavy (non-hydrogen) atoms. The predicted molar refractivity (Wildman–Crippen MR) is 83.1 cm³/mol. The molecule has 1 rings (SSSR count). The number of nitrogens with one attached hydrogen (secondary N) is 2. The van der Waals surface area contributed by atoms with E-state index in [-0.39, 0.29) is 17.9 Å². The molecule has 5 heteroatoms. The first kappa shape index (κ1) is 17.2. The summed E-state index contributed by atoms with van der Waals surface area (Å²) in [7, 11) is 0. The fourth-order valence-corrected chi connectivity index (χ4v) is 1.76. The maximum absolute atomic E-state index is 12.0. The van der Waals surface area contributed by atoms with E-state index in [0.717, 1.165) is 11.3 Å². The Morgan fingerprint density at radius 2 is 1.90 bits per heavy atom. The van der Waals surface area contributed by atoms with E-state index in [1.54, 1.807) is 13.8 Å². The highest BCUT2D eigenvalue weighted by molar-refractivity contribution is 5.94. The van der Waals surface area contributed by atoms with Crippen LogP contribution < -0.4 is 10.6 Å². The van der Waals surface area contributed by atoms with Gasteiger partial charge in [0.2, 0.25) is 5.91 Å². The molecule has 1 atom stereocenters. The second-order valence-corrected chi connectivity index (χ2v) is 4.94. The average molecular weight is 292 g/mol. The summed E-state index contributed by atoms with van der Waals surface area (Å²) in [5, 5.41) is 5.94. The molecule has 0 aliphatic rings. The van der Waals surface area contributed by atoms with Crippen molar-refractivity contribution in [3.63, 3.8) is 0 Å². The fraction of sp³-hybridized carbons (Fsp3) is 0.500. The van der Waals surface area contributed by atoms with E-state index in [1.807, 2.05) is 31.2 Å². The first-order valence-electron chi connectivity index (χ1n) is 7.29. The summed E-state index contributed by atoms with van der Waals surface area (Å²) < 4.78 is 4.84. The van der Waals surface area contributed by atoms with Crippen LogP contribution in [0.3, 0.4) is 0 Å². The van der Waals surface area contributed by atoms with Gasteiger partial charge in [0.25, 0.3) is 0 Å². The Morgan fingerprint density at radius 1 is 1.24 bits per heavy atom. The summed E-state index contributed by atoms with van der Waals surface area (Å²) in [6.45, 7) is 6.59. The summed E-state index contributed by atoms with van der Waals surface area (Å²) in [5.41, 5.74) is 1.93. The van der Waals surface area contributed by atoms with Gasteiger partial charge in [-0.3, -0.25) is 9.59 Å². The number of anilines is 1. The molecule has 0 radical (unpaired) electrons. The number of benzene rings is 1. The second kappa shape index (κ2) is 9.13. The number of rotatable bonds is 8. The summed E-state index contributed by atoms with van der Waals surface area (Å²) in [4.78, 5) is 23.1. The van der Waals surface area contributed by atoms with Gasteiger partial charge in [-0.05, 0) is 45.9 Å². The Kier molecular flexibility index (Phi) is 7.46. The minimum Gasteiger partial charge on any atom is -0.466 e. The van der Waals surface area contributed by atoms with Crippen LogP contribution in [0.2, 0.25) is 0 Å². The smallest absolute Gasteiger partial charge is 0.305 e. The van der Waals surface area contributed by atoms with E-state index in [1.165, 1.54) is 0 Å². The quantitative estimate of drug-likeness (QED) is 0.569. The second-order valence-electron chi connectivity index (χ2n) is 4.94. The topological polar surface area (TPSA) is 67.4 Å². The number of hydrogen-bond acceptors (Lipinski definition) is 4. The minimum atomic E-state index is -0.312. The van der Waals surface area contributed by atoms with Crippen molar-refractivity contribution in [1.82, 2.24) is 5.32 Å². The Morgan fingerprint density at radius 3 is 2.52 bits per heavy atom. The van der Waals surface area contributed by atoms with Gasteiger partial charge in [0.1, 0.15) is 0 Å². The SMILES string of the molecule is CCOC(=O)CCCNC(C)C(=O)Nc1ccc(C)cc1. The van der Waals surface area contributed by atoms with Gasteiger partial charge in [0, 0.05) is 12.1 Å². The number of carbonyl (C=O) groups excluding carboxylic acids is 2. The van der Waals surface area contributed by atoms with Crippen LogP contribution in [0.5, 0.6) is 0 Å². The van der Waals surface area contributed by atoms with Crippen LogP contribution in [0, 0.1) is 6.92 Å². The largest absolute Gasteiger partial charge is 0.466 e. The first-order valence-corrected chi connectivity index (χ1v) is 7.29. The van der Waals surface area contributed by atoms with Crippen molar-refractivity contribution in [3.05, 3.63) is 29.8 Å². The van der Waals surface area contributed by atoms with Gasteiger partial charge >= 0.3 is 5.97 Å². The van der Waals surface area contributed by atoms with Gasteiger partial charge in [-0.25, -0.2) is 0 Å². The number of carbonyl (C=O) groups is 2. The van der Waals surface area contributed by atoms with Gasteiger partial charge in [0.05, 0.1) is 12.6 Å².